The molecule has 2 rings (SSSR count). The maximum atomic E-state index is 6.53. The Hall–Kier alpha value is -0.730. The molecule has 0 spiro atoms. The Morgan fingerprint density at radius 3 is 2.58 bits per heavy atom. The first-order chi connectivity index (χ1) is 9.11. The maximum absolute atomic E-state index is 6.53. The Labute approximate surface area is 121 Å². The third-order valence-corrected chi connectivity index (χ3v) is 4.28. The molecule has 0 bridgehead atoms. The third kappa shape index (κ3) is 3.64. The van der Waals surface area contributed by atoms with Gasteiger partial charge in [-0.15, -0.1) is 11.6 Å². The number of benzene rings is 1. The summed E-state index contributed by atoms with van der Waals surface area (Å²) in [5, 5.41) is 0.0625. The highest BCUT2D eigenvalue weighted by atomic mass is 35.5. The fourth-order valence-electron chi connectivity index (χ4n) is 2.86. The second-order valence-electron chi connectivity index (χ2n) is 5.37. The zero-order valence-electron chi connectivity index (χ0n) is 12.0. The Bertz CT molecular complexity index is 402. The molecule has 1 heterocycles. The zero-order valence-corrected chi connectivity index (χ0v) is 12.8. The van der Waals surface area contributed by atoms with Crippen LogP contribution in [0, 0.1) is 13.8 Å². The smallest absolute Gasteiger partial charge is 0.124 e. The van der Waals surface area contributed by atoms with Crippen molar-refractivity contribution in [1.29, 1.82) is 0 Å². The van der Waals surface area contributed by atoms with E-state index in [0.29, 0.717) is 6.10 Å². The van der Waals surface area contributed by atoms with Crippen LogP contribution >= 0.6 is 11.6 Å². The van der Waals surface area contributed by atoms with Crippen LogP contribution in [0.15, 0.2) is 12.1 Å². The summed E-state index contributed by atoms with van der Waals surface area (Å²) in [6.07, 6.45) is 4.82. The van der Waals surface area contributed by atoms with Gasteiger partial charge in [0.2, 0.25) is 0 Å². The molecule has 2 nitrogen and oxygen atoms in total. The van der Waals surface area contributed by atoms with Crippen LogP contribution in [-0.2, 0) is 4.74 Å². The molecule has 0 aromatic heterocycles. The number of hydrogen-bond acceptors (Lipinski definition) is 2. The lowest BCUT2D eigenvalue weighted by molar-refractivity contribution is 0.102. The van der Waals surface area contributed by atoms with Crippen LogP contribution in [0.1, 0.15) is 47.8 Å². The Balaban J connectivity index is 2.00. The summed E-state index contributed by atoms with van der Waals surface area (Å²) in [5.41, 5.74) is 3.50. The van der Waals surface area contributed by atoms with Crippen LogP contribution in [0.4, 0.5) is 0 Å². The highest BCUT2D eigenvalue weighted by molar-refractivity contribution is 6.20. The number of aryl methyl sites for hydroxylation is 2. The van der Waals surface area contributed by atoms with Crippen molar-refractivity contribution in [3.63, 3.8) is 0 Å². The molecule has 1 aromatic rings. The summed E-state index contributed by atoms with van der Waals surface area (Å²) < 4.78 is 11.0. The summed E-state index contributed by atoms with van der Waals surface area (Å²) >= 11 is 6.53. The van der Waals surface area contributed by atoms with Crippen LogP contribution in [0.2, 0.25) is 0 Å². The maximum Gasteiger partial charge on any atom is 0.124 e. The Kier molecular flexibility index (Phi) is 5.12. The van der Waals surface area contributed by atoms with E-state index in [0.717, 1.165) is 36.3 Å². The van der Waals surface area contributed by atoms with Gasteiger partial charge >= 0.3 is 0 Å². The molecule has 1 aliphatic heterocycles. The van der Waals surface area contributed by atoms with E-state index in [1.165, 1.54) is 18.4 Å². The van der Waals surface area contributed by atoms with Gasteiger partial charge in [0.15, 0.2) is 0 Å². The minimum Gasteiger partial charge on any atom is -0.496 e. The van der Waals surface area contributed by atoms with Gasteiger partial charge in [-0.25, -0.2) is 0 Å². The summed E-state index contributed by atoms with van der Waals surface area (Å²) in [5.74, 6) is 0.965. The van der Waals surface area contributed by atoms with Crippen molar-refractivity contribution in [2.45, 2.75) is 51.0 Å². The van der Waals surface area contributed by atoms with Gasteiger partial charge in [-0.3, -0.25) is 0 Å². The van der Waals surface area contributed by atoms with Crippen LogP contribution < -0.4 is 4.74 Å². The molecule has 19 heavy (non-hydrogen) atoms. The predicted molar refractivity (Wildman–Crippen MR) is 79.3 cm³/mol. The molecule has 106 valence electrons. The minimum atomic E-state index is 0.0625. The summed E-state index contributed by atoms with van der Waals surface area (Å²) in [6.45, 7) is 5.05. The van der Waals surface area contributed by atoms with Crippen molar-refractivity contribution < 1.29 is 9.47 Å². The molecular weight excluding hydrogens is 260 g/mol. The van der Waals surface area contributed by atoms with Crippen LogP contribution in [0.25, 0.3) is 0 Å². The first-order valence-electron chi connectivity index (χ1n) is 7.02. The summed E-state index contributed by atoms with van der Waals surface area (Å²) in [7, 11) is 1.71. The van der Waals surface area contributed by atoms with E-state index in [2.05, 4.69) is 26.0 Å². The molecule has 0 amide bonds. The Morgan fingerprint density at radius 1 is 1.37 bits per heavy atom. The molecule has 2 atom stereocenters. The van der Waals surface area contributed by atoms with Crippen molar-refractivity contribution in [3.05, 3.63) is 28.8 Å². The quantitative estimate of drug-likeness (QED) is 0.738. The van der Waals surface area contributed by atoms with Crippen molar-refractivity contribution in [3.8, 4) is 5.75 Å². The molecule has 1 aromatic carbocycles. The molecule has 0 N–H and O–H groups in total. The van der Waals surface area contributed by atoms with Crippen LogP contribution in [-0.4, -0.2) is 19.8 Å². The second kappa shape index (κ2) is 6.62. The summed E-state index contributed by atoms with van der Waals surface area (Å²) in [4.78, 5) is 0. The van der Waals surface area contributed by atoms with E-state index in [9.17, 15) is 0 Å². The van der Waals surface area contributed by atoms with E-state index in [4.69, 9.17) is 21.1 Å². The van der Waals surface area contributed by atoms with Crippen molar-refractivity contribution in [2.24, 2.45) is 0 Å². The number of rotatable bonds is 5. The molecule has 1 aliphatic rings. The molecule has 2 unspecified atom stereocenters. The van der Waals surface area contributed by atoms with Crippen LogP contribution in [0.5, 0.6) is 5.75 Å². The average Bonchev–Trinajstić information content (AvgIpc) is 2.88. The van der Waals surface area contributed by atoms with Crippen molar-refractivity contribution >= 4 is 11.6 Å². The largest absolute Gasteiger partial charge is 0.496 e. The van der Waals surface area contributed by atoms with Crippen molar-refractivity contribution in [2.75, 3.05) is 13.7 Å². The SMILES string of the molecule is COc1c(C)cc(C(Cl)CCC2CCCO2)cc1C. The zero-order chi connectivity index (χ0) is 13.8. The molecule has 0 saturated carbocycles. The lowest BCUT2D eigenvalue weighted by Crippen LogP contribution is -2.06. The van der Waals surface area contributed by atoms with Gasteiger partial charge < -0.3 is 9.47 Å². The van der Waals surface area contributed by atoms with Gasteiger partial charge in [0, 0.05) is 6.61 Å². The van der Waals surface area contributed by atoms with E-state index in [1.807, 2.05) is 0 Å². The van der Waals surface area contributed by atoms with Gasteiger partial charge in [-0.1, -0.05) is 12.1 Å². The number of halogens is 1. The molecule has 0 aliphatic carbocycles. The van der Waals surface area contributed by atoms with E-state index in [-0.39, 0.29) is 5.38 Å². The highest BCUT2D eigenvalue weighted by Crippen LogP contribution is 2.33. The average molecular weight is 283 g/mol. The lowest BCUT2D eigenvalue weighted by Gasteiger charge is -2.16. The predicted octanol–water partition coefficient (Wildman–Crippen LogP) is 4.55. The van der Waals surface area contributed by atoms with Gasteiger partial charge in [-0.05, 0) is 56.2 Å². The first-order valence-corrected chi connectivity index (χ1v) is 7.46. The van der Waals surface area contributed by atoms with Gasteiger partial charge in [0.05, 0.1) is 18.6 Å². The number of hydrogen-bond donors (Lipinski definition) is 0. The van der Waals surface area contributed by atoms with Crippen molar-refractivity contribution in [1.82, 2.24) is 0 Å². The Morgan fingerprint density at radius 2 is 2.05 bits per heavy atom. The van der Waals surface area contributed by atoms with Crippen LogP contribution in [0.3, 0.4) is 0 Å². The lowest BCUT2D eigenvalue weighted by atomic mass is 9.99. The second-order valence-corrected chi connectivity index (χ2v) is 5.89. The normalized spacial score (nSPS) is 20.5. The number of alkyl halides is 1. The molecular formula is C16H23ClO2. The molecule has 3 heteroatoms. The monoisotopic (exact) mass is 282 g/mol. The third-order valence-electron chi connectivity index (χ3n) is 3.81. The standard InChI is InChI=1S/C16H23ClO2/c1-11-9-13(10-12(2)16(11)18-3)15(17)7-6-14-5-4-8-19-14/h9-10,14-15H,4-8H2,1-3H3. The molecule has 1 saturated heterocycles. The van der Waals surface area contributed by atoms with E-state index >= 15 is 0 Å². The van der Waals surface area contributed by atoms with Gasteiger partial charge in [0.25, 0.3) is 0 Å². The van der Waals surface area contributed by atoms with Gasteiger partial charge in [0.1, 0.15) is 5.75 Å². The molecule has 0 radical (unpaired) electrons. The fourth-order valence-corrected chi connectivity index (χ4v) is 3.11. The highest BCUT2D eigenvalue weighted by Gasteiger charge is 2.18. The summed E-state index contributed by atoms with van der Waals surface area (Å²) in [6, 6.07) is 4.28. The minimum absolute atomic E-state index is 0.0625. The topological polar surface area (TPSA) is 18.5 Å². The van der Waals surface area contributed by atoms with E-state index in [1.54, 1.807) is 7.11 Å². The number of ether oxygens (including phenoxy) is 2. The molecule has 1 fully saturated rings. The van der Waals surface area contributed by atoms with E-state index < -0.39 is 0 Å². The fraction of sp³-hybridized carbons (Fsp3) is 0.625. The first kappa shape index (κ1) is 14.7. The number of methoxy groups -OCH3 is 1. The van der Waals surface area contributed by atoms with Gasteiger partial charge in [-0.2, -0.15) is 0 Å².